The maximum atomic E-state index is 10.6. The molecule has 0 bridgehead atoms. The van der Waals surface area contributed by atoms with Gasteiger partial charge in [-0.25, -0.2) is 9.48 Å². The second-order valence-corrected chi connectivity index (χ2v) is 4.34. The van der Waals surface area contributed by atoms with E-state index in [2.05, 4.69) is 15.6 Å². The summed E-state index contributed by atoms with van der Waals surface area (Å²) in [6.07, 6.45) is 1.34. The van der Waals surface area contributed by atoms with Crippen LogP contribution in [-0.2, 0) is 6.54 Å². The second-order valence-electron chi connectivity index (χ2n) is 3.90. The number of nitriles is 1. The molecule has 8 heteroatoms. The van der Waals surface area contributed by atoms with Gasteiger partial charge in [-0.1, -0.05) is 16.8 Å². The highest BCUT2D eigenvalue weighted by molar-refractivity contribution is 6.30. The number of anilines is 1. The summed E-state index contributed by atoms with van der Waals surface area (Å²) in [6, 6.07) is 7.01. The van der Waals surface area contributed by atoms with E-state index in [4.69, 9.17) is 22.0 Å². The predicted octanol–water partition coefficient (Wildman–Crippen LogP) is 1.61. The summed E-state index contributed by atoms with van der Waals surface area (Å²) in [7, 11) is 0. The number of carboxylic acids is 1. The second kappa shape index (κ2) is 6.04. The van der Waals surface area contributed by atoms with E-state index in [1.807, 2.05) is 6.07 Å². The van der Waals surface area contributed by atoms with Gasteiger partial charge in [-0.05, 0) is 18.2 Å². The lowest BCUT2D eigenvalue weighted by Gasteiger charge is -2.08. The van der Waals surface area contributed by atoms with Crippen molar-refractivity contribution in [2.24, 2.45) is 0 Å². The van der Waals surface area contributed by atoms with E-state index in [9.17, 15) is 4.79 Å². The fourth-order valence-corrected chi connectivity index (χ4v) is 1.75. The van der Waals surface area contributed by atoms with Crippen LogP contribution in [0.2, 0.25) is 5.02 Å². The topological polar surface area (TPSA) is 104 Å². The third kappa shape index (κ3) is 3.24. The molecule has 0 aliphatic carbocycles. The van der Waals surface area contributed by atoms with Gasteiger partial charge < -0.3 is 10.4 Å². The van der Waals surface area contributed by atoms with Crippen molar-refractivity contribution in [3.63, 3.8) is 0 Å². The molecule has 1 heterocycles. The first-order valence-corrected chi connectivity index (χ1v) is 6.05. The summed E-state index contributed by atoms with van der Waals surface area (Å²) in [6.45, 7) is 0.895. The molecule has 7 nitrogen and oxygen atoms in total. The predicted molar refractivity (Wildman–Crippen MR) is 71.6 cm³/mol. The first-order valence-electron chi connectivity index (χ1n) is 5.67. The molecule has 0 radical (unpaired) electrons. The smallest absolute Gasteiger partial charge is 0.358 e. The first kappa shape index (κ1) is 13.8. The number of benzene rings is 1. The third-order valence-electron chi connectivity index (χ3n) is 2.52. The molecule has 2 aromatic rings. The normalized spacial score (nSPS) is 10.0. The molecule has 0 atom stereocenters. The Kier molecular flexibility index (Phi) is 4.17. The maximum Gasteiger partial charge on any atom is 0.358 e. The molecule has 0 aliphatic rings. The molecular weight excluding hydrogens is 282 g/mol. The van der Waals surface area contributed by atoms with Gasteiger partial charge in [0.05, 0.1) is 24.0 Å². The van der Waals surface area contributed by atoms with Crippen molar-refractivity contribution in [3.05, 3.63) is 40.7 Å². The molecule has 0 saturated heterocycles. The van der Waals surface area contributed by atoms with E-state index < -0.39 is 5.97 Å². The van der Waals surface area contributed by atoms with Crippen LogP contribution in [0.1, 0.15) is 16.1 Å². The van der Waals surface area contributed by atoms with Crippen LogP contribution in [-0.4, -0.2) is 32.6 Å². The van der Waals surface area contributed by atoms with E-state index in [1.165, 1.54) is 10.9 Å². The Hall–Kier alpha value is -2.59. The van der Waals surface area contributed by atoms with Crippen molar-refractivity contribution in [2.75, 3.05) is 11.9 Å². The molecule has 1 aromatic heterocycles. The Labute approximate surface area is 119 Å². The number of hydrogen-bond acceptors (Lipinski definition) is 5. The molecule has 0 amide bonds. The highest BCUT2D eigenvalue weighted by Gasteiger charge is 2.08. The number of carbonyl (C=O) groups is 1. The molecule has 2 rings (SSSR count). The van der Waals surface area contributed by atoms with E-state index in [0.717, 1.165) is 0 Å². The Morgan fingerprint density at radius 1 is 1.55 bits per heavy atom. The Balaban J connectivity index is 1.96. The monoisotopic (exact) mass is 291 g/mol. The van der Waals surface area contributed by atoms with Crippen molar-refractivity contribution in [2.45, 2.75) is 6.54 Å². The lowest BCUT2D eigenvalue weighted by molar-refractivity contribution is 0.0690. The van der Waals surface area contributed by atoms with Gasteiger partial charge >= 0.3 is 5.97 Å². The van der Waals surface area contributed by atoms with Crippen LogP contribution in [0.5, 0.6) is 0 Å². The quantitative estimate of drug-likeness (QED) is 0.867. The van der Waals surface area contributed by atoms with Crippen molar-refractivity contribution in [1.82, 2.24) is 15.0 Å². The Morgan fingerprint density at radius 2 is 2.35 bits per heavy atom. The molecular formula is C12H10ClN5O2. The van der Waals surface area contributed by atoms with Crippen LogP contribution in [0.4, 0.5) is 5.69 Å². The highest BCUT2D eigenvalue weighted by Crippen LogP contribution is 2.19. The molecule has 0 fully saturated rings. The highest BCUT2D eigenvalue weighted by atomic mass is 35.5. The van der Waals surface area contributed by atoms with E-state index in [-0.39, 0.29) is 5.69 Å². The van der Waals surface area contributed by atoms with Gasteiger partial charge in [0.2, 0.25) is 0 Å². The number of hydrogen-bond donors (Lipinski definition) is 2. The van der Waals surface area contributed by atoms with Crippen molar-refractivity contribution >= 4 is 23.3 Å². The zero-order chi connectivity index (χ0) is 14.5. The van der Waals surface area contributed by atoms with Gasteiger partial charge in [-0.2, -0.15) is 5.26 Å². The number of nitrogens with one attached hydrogen (secondary N) is 1. The molecule has 0 spiro atoms. The van der Waals surface area contributed by atoms with Gasteiger partial charge in [0.25, 0.3) is 0 Å². The number of aromatic nitrogens is 3. The van der Waals surface area contributed by atoms with Crippen LogP contribution in [0, 0.1) is 11.3 Å². The zero-order valence-corrected chi connectivity index (χ0v) is 11.0. The summed E-state index contributed by atoms with van der Waals surface area (Å²) in [5.74, 6) is -1.12. The number of carboxylic acid groups (broad SMARTS) is 1. The van der Waals surface area contributed by atoms with Crippen LogP contribution >= 0.6 is 11.6 Å². The Bertz CT molecular complexity index is 677. The van der Waals surface area contributed by atoms with Crippen molar-refractivity contribution in [1.29, 1.82) is 5.26 Å². The largest absolute Gasteiger partial charge is 0.476 e. The Morgan fingerprint density at radius 3 is 3.00 bits per heavy atom. The lowest BCUT2D eigenvalue weighted by Crippen LogP contribution is -2.11. The minimum atomic E-state index is -1.12. The summed E-state index contributed by atoms with van der Waals surface area (Å²) < 4.78 is 1.42. The minimum Gasteiger partial charge on any atom is -0.476 e. The summed E-state index contributed by atoms with van der Waals surface area (Å²) in [5.41, 5.74) is 1.01. The lowest BCUT2D eigenvalue weighted by atomic mass is 10.2. The zero-order valence-electron chi connectivity index (χ0n) is 10.2. The van der Waals surface area contributed by atoms with Gasteiger partial charge in [-0.15, -0.1) is 5.10 Å². The molecule has 0 saturated carbocycles. The summed E-state index contributed by atoms with van der Waals surface area (Å²) in [5, 5.41) is 28.4. The van der Waals surface area contributed by atoms with Crippen LogP contribution < -0.4 is 5.32 Å². The van der Waals surface area contributed by atoms with Crippen LogP contribution in [0.15, 0.2) is 24.4 Å². The number of aromatic carboxylic acids is 1. The molecule has 0 unspecified atom stereocenters. The van der Waals surface area contributed by atoms with Crippen LogP contribution in [0.25, 0.3) is 0 Å². The van der Waals surface area contributed by atoms with Gasteiger partial charge in [0.1, 0.15) is 6.07 Å². The average molecular weight is 292 g/mol. The van der Waals surface area contributed by atoms with E-state index in [0.29, 0.717) is 29.4 Å². The average Bonchev–Trinajstić information content (AvgIpc) is 2.89. The van der Waals surface area contributed by atoms with E-state index >= 15 is 0 Å². The number of rotatable bonds is 5. The van der Waals surface area contributed by atoms with Gasteiger partial charge in [0.15, 0.2) is 5.69 Å². The SMILES string of the molecule is N#Cc1cc(Cl)ccc1NCCn1cc(C(=O)O)nn1. The fraction of sp³-hybridized carbons (Fsp3) is 0.167. The molecule has 20 heavy (non-hydrogen) atoms. The van der Waals surface area contributed by atoms with Crippen molar-refractivity contribution in [3.8, 4) is 6.07 Å². The molecule has 2 N–H and O–H groups in total. The standard InChI is InChI=1S/C12H10ClN5O2/c13-9-1-2-10(8(5-9)6-14)15-3-4-18-7-11(12(19)20)16-17-18/h1-2,5,7,15H,3-4H2,(H,19,20). The maximum absolute atomic E-state index is 10.6. The summed E-state index contributed by atoms with van der Waals surface area (Å²) in [4.78, 5) is 10.6. The fourth-order valence-electron chi connectivity index (χ4n) is 1.57. The van der Waals surface area contributed by atoms with Crippen LogP contribution in [0.3, 0.4) is 0 Å². The molecule has 102 valence electrons. The third-order valence-corrected chi connectivity index (χ3v) is 2.75. The van der Waals surface area contributed by atoms with Gasteiger partial charge in [0, 0.05) is 11.6 Å². The molecule has 1 aromatic carbocycles. The van der Waals surface area contributed by atoms with Crippen molar-refractivity contribution < 1.29 is 9.90 Å². The minimum absolute atomic E-state index is 0.103. The molecule has 0 aliphatic heterocycles. The van der Waals surface area contributed by atoms with E-state index in [1.54, 1.807) is 18.2 Å². The first-order chi connectivity index (χ1) is 9.60. The van der Waals surface area contributed by atoms with Gasteiger partial charge in [-0.3, -0.25) is 0 Å². The number of nitrogens with zero attached hydrogens (tertiary/aromatic N) is 4. The summed E-state index contributed by atoms with van der Waals surface area (Å²) >= 11 is 5.80. The number of halogens is 1.